The molecule has 0 aliphatic carbocycles. The van der Waals surface area contributed by atoms with Gasteiger partial charge in [-0.15, -0.1) is 0 Å². The van der Waals surface area contributed by atoms with Crippen LogP contribution in [0.5, 0.6) is 0 Å². The molecule has 2 aromatic heterocycles. The second-order valence-corrected chi connectivity index (χ2v) is 7.78. The highest BCUT2D eigenvalue weighted by molar-refractivity contribution is 6.10. The van der Waals surface area contributed by atoms with Crippen molar-refractivity contribution in [1.29, 1.82) is 0 Å². The van der Waals surface area contributed by atoms with Gasteiger partial charge in [0.05, 0.1) is 0 Å². The maximum Gasteiger partial charge on any atom is 0.136 e. The van der Waals surface area contributed by atoms with Crippen LogP contribution in [0.4, 0.5) is 0 Å². The van der Waals surface area contributed by atoms with Crippen LogP contribution in [0.3, 0.4) is 0 Å². The van der Waals surface area contributed by atoms with E-state index in [0.29, 0.717) is 0 Å². The SMILES string of the molecule is C/C=C\C.CC.Cn1c2ccccc2c2cc(-c3ccc4c(c3)oc3ccccc34)ccc21. The lowest BCUT2D eigenvalue weighted by Crippen LogP contribution is -1.86. The van der Waals surface area contributed by atoms with Gasteiger partial charge in [0, 0.05) is 39.6 Å². The molecule has 0 aliphatic heterocycles. The molecule has 0 N–H and O–H groups in total. The van der Waals surface area contributed by atoms with Crippen molar-refractivity contribution in [2.24, 2.45) is 7.05 Å². The molecule has 0 atom stereocenters. The van der Waals surface area contributed by atoms with E-state index in [1.165, 1.54) is 43.7 Å². The largest absolute Gasteiger partial charge is 0.456 e. The average molecular weight is 434 g/mol. The van der Waals surface area contributed by atoms with Gasteiger partial charge in [-0.1, -0.05) is 74.5 Å². The molecule has 6 rings (SSSR count). The van der Waals surface area contributed by atoms with Crippen LogP contribution in [0.25, 0.3) is 54.9 Å². The summed E-state index contributed by atoms with van der Waals surface area (Å²) in [6, 6.07) is 30.0. The van der Waals surface area contributed by atoms with E-state index in [1.54, 1.807) is 0 Å². The Kier molecular flexibility index (Phi) is 6.65. The third-order valence-corrected chi connectivity index (χ3v) is 5.96. The molecule has 0 saturated carbocycles. The van der Waals surface area contributed by atoms with Crippen molar-refractivity contribution in [3.63, 3.8) is 0 Å². The van der Waals surface area contributed by atoms with Gasteiger partial charge in [-0.2, -0.15) is 0 Å². The summed E-state index contributed by atoms with van der Waals surface area (Å²) in [7, 11) is 2.13. The molecule has 6 aromatic rings. The summed E-state index contributed by atoms with van der Waals surface area (Å²) in [5.41, 5.74) is 6.78. The van der Waals surface area contributed by atoms with Gasteiger partial charge in [-0.05, 0) is 61.4 Å². The molecule has 166 valence electrons. The molecule has 33 heavy (non-hydrogen) atoms. The van der Waals surface area contributed by atoms with Crippen LogP contribution in [0.2, 0.25) is 0 Å². The Morgan fingerprint density at radius 2 is 1.15 bits per heavy atom. The summed E-state index contributed by atoms with van der Waals surface area (Å²) in [6.07, 6.45) is 4.00. The lowest BCUT2D eigenvalue weighted by molar-refractivity contribution is 0.669. The van der Waals surface area contributed by atoms with Crippen molar-refractivity contribution >= 4 is 43.7 Å². The van der Waals surface area contributed by atoms with Crippen LogP contribution in [0.15, 0.2) is 101 Å². The maximum absolute atomic E-state index is 6.07. The predicted octanol–water partition coefficient (Wildman–Crippen LogP) is 9.51. The minimum absolute atomic E-state index is 0.937. The predicted molar refractivity (Wildman–Crippen MR) is 145 cm³/mol. The Balaban J connectivity index is 0.000000394. The van der Waals surface area contributed by atoms with E-state index in [2.05, 4.69) is 84.4 Å². The zero-order chi connectivity index (χ0) is 23.4. The fourth-order valence-corrected chi connectivity index (χ4v) is 4.25. The first-order chi connectivity index (χ1) is 16.2. The standard InChI is InChI=1S/C25H17NO.C4H8.C2H6/c1-26-22-8-4-2-6-18(22)21-14-16(11-13-23(21)26)17-10-12-20-19-7-3-5-9-24(19)27-25(20)15-17;1-3-4-2;1-2/h2-15H,1H3;3-4H,1-2H3;1-2H3/b;4-3-;. The van der Waals surface area contributed by atoms with Crippen molar-refractivity contribution in [1.82, 2.24) is 4.57 Å². The molecule has 2 heteroatoms. The first kappa shape index (κ1) is 22.4. The number of nitrogens with zero attached hydrogens (tertiary/aromatic N) is 1. The van der Waals surface area contributed by atoms with Gasteiger partial charge in [-0.25, -0.2) is 0 Å². The van der Waals surface area contributed by atoms with E-state index in [9.17, 15) is 0 Å². The fraction of sp³-hybridized carbons (Fsp3) is 0.161. The van der Waals surface area contributed by atoms with Gasteiger partial charge in [-0.3, -0.25) is 0 Å². The normalized spacial score (nSPS) is 11.1. The molecule has 0 bridgehead atoms. The topological polar surface area (TPSA) is 18.1 Å². The summed E-state index contributed by atoms with van der Waals surface area (Å²) in [4.78, 5) is 0. The number of fused-ring (bicyclic) bond motifs is 6. The monoisotopic (exact) mass is 433 g/mol. The van der Waals surface area contributed by atoms with E-state index < -0.39 is 0 Å². The van der Waals surface area contributed by atoms with Gasteiger partial charge < -0.3 is 8.98 Å². The van der Waals surface area contributed by atoms with Crippen LogP contribution in [0.1, 0.15) is 27.7 Å². The summed E-state index contributed by atoms with van der Waals surface area (Å²) >= 11 is 0. The van der Waals surface area contributed by atoms with E-state index in [4.69, 9.17) is 4.42 Å². The van der Waals surface area contributed by atoms with Crippen molar-refractivity contribution < 1.29 is 4.42 Å². The van der Waals surface area contributed by atoms with Crippen LogP contribution in [-0.2, 0) is 7.05 Å². The molecule has 2 nitrogen and oxygen atoms in total. The van der Waals surface area contributed by atoms with Gasteiger partial charge in [0.1, 0.15) is 11.2 Å². The van der Waals surface area contributed by atoms with Gasteiger partial charge in [0.15, 0.2) is 0 Å². The first-order valence-electron chi connectivity index (χ1n) is 11.7. The number of rotatable bonds is 1. The molecule has 4 aromatic carbocycles. The van der Waals surface area contributed by atoms with Gasteiger partial charge in [0.25, 0.3) is 0 Å². The molecule has 0 amide bonds. The minimum atomic E-state index is 0.937. The number of aryl methyl sites for hydroxylation is 1. The molecule has 0 radical (unpaired) electrons. The van der Waals surface area contributed by atoms with E-state index in [1.807, 2.05) is 52.0 Å². The molecule has 0 fully saturated rings. The quantitative estimate of drug-likeness (QED) is 0.236. The Morgan fingerprint density at radius 3 is 1.91 bits per heavy atom. The molecular weight excluding hydrogens is 402 g/mol. The number of allylic oxidation sites excluding steroid dienone is 2. The lowest BCUT2D eigenvalue weighted by Gasteiger charge is -2.03. The summed E-state index contributed by atoms with van der Waals surface area (Å²) in [5, 5.41) is 4.92. The average Bonchev–Trinajstić information content (AvgIpc) is 3.40. The first-order valence-corrected chi connectivity index (χ1v) is 11.7. The number of para-hydroxylation sites is 2. The van der Waals surface area contributed by atoms with Crippen molar-refractivity contribution in [2.75, 3.05) is 0 Å². The highest BCUT2D eigenvalue weighted by Gasteiger charge is 2.11. The Labute approximate surface area is 195 Å². The second kappa shape index (κ2) is 9.79. The van der Waals surface area contributed by atoms with Crippen LogP contribution >= 0.6 is 0 Å². The zero-order valence-electron chi connectivity index (χ0n) is 20.1. The molecule has 2 heterocycles. The molecule has 0 aliphatic rings. The van der Waals surface area contributed by atoms with Crippen LogP contribution in [-0.4, -0.2) is 4.57 Å². The molecule has 0 saturated heterocycles. The highest BCUT2D eigenvalue weighted by Crippen LogP contribution is 2.35. The Morgan fingerprint density at radius 1 is 0.576 bits per heavy atom. The van der Waals surface area contributed by atoms with Gasteiger partial charge >= 0.3 is 0 Å². The second-order valence-electron chi connectivity index (χ2n) is 7.78. The van der Waals surface area contributed by atoms with E-state index in [-0.39, 0.29) is 0 Å². The van der Waals surface area contributed by atoms with Crippen LogP contribution in [0, 0.1) is 0 Å². The Hall–Kier alpha value is -3.78. The summed E-state index contributed by atoms with van der Waals surface area (Å²) < 4.78 is 8.33. The number of benzene rings is 4. The molecular formula is C31H31NO. The zero-order valence-corrected chi connectivity index (χ0v) is 20.1. The van der Waals surface area contributed by atoms with E-state index in [0.717, 1.165) is 11.2 Å². The number of hydrogen-bond acceptors (Lipinski definition) is 1. The Bertz CT molecular complexity index is 1560. The van der Waals surface area contributed by atoms with Crippen molar-refractivity contribution in [2.45, 2.75) is 27.7 Å². The van der Waals surface area contributed by atoms with Crippen molar-refractivity contribution in [3.05, 3.63) is 97.1 Å². The summed E-state index contributed by atoms with van der Waals surface area (Å²) in [5.74, 6) is 0. The fourth-order valence-electron chi connectivity index (χ4n) is 4.25. The molecule has 0 unspecified atom stereocenters. The highest BCUT2D eigenvalue weighted by atomic mass is 16.3. The maximum atomic E-state index is 6.07. The number of aromatic nitrogens is 1. The van der Waals surface area contributed by atoms with Crippen LogP contribution < -0.4 is 0 Å². The third-order valence-electron chi connectivity index (χ3n) is 5.96. The summed E-state index contributed by atoms with van der Waals surface area (Å²) in [6.45, 7) is 8.00. The lowest BCUT2D eigenvalue weighted by atomic mass is 10.0. The molecule has 0 spiro atoms. The van der Waals surface area contributed by atoms with Gasteiger partial charge in [0.2, 0.25) is 0 Å². The minimum Gasteiger partial charge on any atom is -0.456 e. The van der Waals surface area contributed by atoms with Crippen molar-refractivity contribution in [3.8, 4) is 11.1 Å². The third kappa shape index (κ3) is 4.05. The number of hydrogen-bond donors (Lipinski definition) is 0. The number of furan rings is 1. The smallest absolute Gasteiger partial charge is 0.136 e. The van der Waals surface area contributed by atoms with E-state index >= 15 is 0 Å².